The first-order chi connectivity index (χ1) is 11.7. The Morgan fingerprint density at radius 1 is 1.29 bits per heavy atom. The fraction of sp³-hybridized carbons (Fsp3) is 0.389. The number of methoxy groups -OCH3 is 1. The summed E-state index contributed by atoms with van der Waals surface area (Å²) in [5.41, 5.74) is 1.03. The molecule has 1 aromatic heterocycles. The Balaban J connectivity index is 1.72. The predicted octanol–water partition coefficient (Wildman–Crippen LogP) is 2.97. The summed E-state index contributed by atoms with van der Waals surface area (Å²) in [5.74, 6) is 1.80. The van der Waals surface area contributed by atoms with Gasteiger partial charge < -0.3 is 15.0 Å². The van der Waals surface area contributed by atoms with Crippen LogP contribution >= 0.6 is 0 Å². The lowest BCUT2D eigenvalue weighted by Gasteiger charge is -2.30. The zero-order valence-corrected chi connectivity index (χ0v) is 14.0. The quantitative estimate of drug-likeness (QED) is 0.935. The number of nitrogens with one attached hydrogen (secondary N) is 1. The number of benzene rings is 1. The fourth-order valence-electron chi connectivity index (χ4n) is 2.73. The number of rotatable bonds is 4. The Morgan fingerprint density at radius 3 is 2.83 bits per heavy atom. The second kappa shape index (κ2) is 7.29. The summed E-state index contributed by atoms with van der Waals surface area (Å²) in [7, 11) is 1.59. The number of ether oxygens (including phenoxy) is 1. The number of piperidine rings is 1. The van der Waals surface area contributed by atoms with E-state index in [0.717, 1.165) is 31.8 Å². The number of carbonyl (C=O) groups excluding carboxylic acids is 1. The molecule has 1 N–H and O–H groups in total. The van der Waals surface area contributed by atoms with Crippen molar-refractivity contribution < 1.29 is 9.53 Å². The van der Waals surface area contributed by atoms with E-state index in [2.05, 4.69) is 27.1 Å². The summed E-state index contributed by atoms with van der Waals surface area (Å²) < 4.78 is 5.17. The van der Waals surface area contributed by atoms with Crippen LogP contribution in [0.1, 0.15) is 30.3 Å². The average Bonchev–Trinajstić information content (AvgIpc) is 2.62. The third-order valence-corrected chi connectivity index (χ3v) is 4.27. The van der Waals surface area contributed by atoms with Crippen molar-refractivity contribution in [3.63, 3.8) is 0 Å². The minimum atomic E-state index is -0.253. The molecule has 1 amide bonds. The van der Waals surface area contributed by atoms with E-state index in [1.807, 2.05) is 18.2 Å². The van der Waals surface area contributed by atoms with Crippen LogP contribution in [-0.4, -0.2) is 36.1 Å². The van der Waals surface area contributed by atoms with Gasteiger partial charge in [0.15, 0.2) is 0 Å². The molecule has 1 aromatic carbocycles. The molecule has 0 aliphatic carbocycles. The van der Waals surface area contributed by atoms with Crippen LogP contribution in [0, 0.1) is 5.92 Å². The summed E-state index contributed by atoms with van der Waals surface area (Å²) in [5, 5.41) is 2.84. The van der Waals surface area contributed by atoms with Crippen LogP contribution in [0.5, 0.6) is 5.75 Å². The van der Waals surface area contributed by atoms with E-state index >= 15 is 0 Å². The Bertz CT molecular complexity index is 712. The van der Waals surface area contributed by atoms with Crippen LogP contribution in [0.2, 0.25) is 0 Å². The third-order valence-electron chi connectivity index (χ3n) is 4.27. The number of amides is 1. The maximum Gasteiger partial charge on any atom is 0.274 e. The number of hydrogen-bond donors (Lipinski definition) is 1. The first kappa shape index (κ1) is 16.2. The molecule has 126 valence electrons. The molecule has 6 heteroatoms. The SMILES string of the molecule is COc1cccc(NC(=O)c2ccnc(N3CCC(C)CC3)n2)c1. The summed E-state index contributed by atoms with van der Waals surface area (Å²) in [6.45, 7) is 4.13. The van der Waals surface area contributed by atoms with E-state index in [9.17, 15) is 4.79 Å². The van der Waals surface area contributed by atoms with Gasteiger partial charge in [0.2, 0.25) is 5.95 Å². The van der Waals surface area contributed by atoms with Crippen LogP contribution in [0.4, 0.5) is 11.6 Å². The van der Waals surface area contributed by atoms with Crippen molar-refractivity contribution in [2.75, 3.05) is 30.4 Å². The molecule has 0 bridgehead atoms. The van der Waals surface area contributed by atoms with Crippen LogP contribution in [-0.2, 0) is 0 Å². The van der Waals surface area contributed by atoms with Gasteiger partial charge in [0.1, 0.15) is 11.4 Å². The van der Waals surface area contributed by atoms with E-state index < -0.39 is 0 Å². The highest BCUT2D eigenvalue weighted by Gasteiger charge is 2.19. The number of nitrogens with zero attached hydrogens (tertiary/aromatic N) is 3. The monoisotopic (exact) mass is 326 g/mol. The summed E-state index contributed by atoms with van der Waals surface area (Å²) in [6.07, 6.45) is 3.90. The van der Waals surface area contributed by atoms with E-state index in [4.69, 9.17) is 4.74 Å². The van der Waals surface area contributed by atoms with Gasteiger partial charge in [-0.25, -0.2) is 9.97 Å². The molecule has 1 aliphatic rings. The van der Waals surface area contributed by atoms with Crippen LogP contribution in [0.25, 0.3) is 0 Å². The summed E-state index contributed by atoms with van der Waals surface area (Å²) in [6, 6.07) is 8.87. The molecule has 2 heterocycles. The largest absolute Gasteiger partial charge is 0.497 e. The van der Waals surface area contributed by atoms with E-state index in [-0.39, 0.29) is 5.91 Å². The van der Waals surface area contributed by atoms with Crippen LogP contribution in [0.15, 0.2) is 36.5 Å². The van der Waals surface area contributed by atoms with Gasteiger partial charge in [-0.3, -0.25) is 4.79 Å². The van der Waals surface area contributed by atoms with Crippen molar-refractivity contribution in [1.29, 1.82) is 0 Å². The first-order valence-electron chi connectivity index (χ1n) is 8.19. The van der Waals surface area contributed by atoms with Gasteiger partial charge in [-0.15, -0.1) is 0 Å². The zero-order valence-electron chi connectivity index (χ0n) is 14.0. The van der Waals surface area contributed by atoms with Gasteiger partial charge in [-0.05, 0) is 37.0 Å². The lowest BCUT2D eigenvalue weighted by Crippen LogP contribution is -2.34. The molecular formula is C18H22N4O2. The molecule has 6 nitrogen and oxygen atoms in total. The molecule has 3 rings (SSSR count). The average molecular weight is 326 g/mol. The smallest absolute Gasteiger partial charge is 0.274 e. The van der Waals surface area contributed by atoms with Gasteiger partial charge in [0, 0.05) is 31.0 Å². The summed E-state index contributed by atoms with van der Waals surface area (Å²) in [4.78, 5) is 23.3. The maximum absolute atomic E-state index is 12.4. The third kappa shape index (κ3) is 3.82. The van der Waals surface area contributed by atoms with Gasteiger partial charge in [-0.2, -0.15) is 0 Å². The Labute approximate surface area is 141 Å². The van der Waals surface area contributed by atoms with Crippen molar-refractivity contribution in [1.82, 2.24) is 9.97 Å². The van der Waals surface area contributed by atoms with Gasteiger partial charge in [-0.1, -0.05) is 13.0 Å². The van der Waals surface area contributed by atoms with E-state index in [1.54, 1.807) is 25.4 Å². The minimum Gasteiger partial charge on any atom is -0.497 e. The second-order valence-corrected chi connectivity index (χ2v) is 6.10. The van der Waals surface area contributed by atoms with Gasteiger partial charge in [0.25, 0.3) is 5.91 Å². The molecule has 2 aromatic rings. The standard InChI is InChI=1S/C18H22N4O2/c1-13-7-10-22(11-8-13)18-19-9-6-16(21-18)17(23)20-14-4-3-5-15(12-14)24-2/h3-6,9,12-13H,7-8,10-11H2,1-2H3,(H,20,23). The van der Waals surface area contributed by atoms with E-state index in [1.165, 1.54) is 0 Å². The Morgan fingerprint density at radius 2 is 2.08 bits per heavy atom. The highest BCUT2D eigenvalue weighted by molar-refractivity contribution is 6.03. The molecule has 0 radical (unpaired) electrons. The van der Waals surface area contributed by atoms with Crippen LogP contribution < -0.4 is 15.0 Å². The predicted molar refractivity (Wildman–Crippen MR) is 93.6 cm³/mol. The molecule has 1 aliphatic heterocycles. The van der Waals surface area contributed by atoms with Crippen molar-refractivity contribution >= 4 is 17.5 Å². The van der Waals surface area contributed by atoms with Crippen molar-refractivity contribution in [2.45, 2.75) is 19.8 Å². The van der Waals surface area contributed by atoms with E-state index in [0.29, 0.717) is 23.1 Å². The molecule has 0 saturated carbocycles. The molecule has 0 spiro atoms. The number of carbonyl (C=O) groups is 1. The molecule has 24 heavy (non-hydrogen) atoms. The highest BCUT2D eigenvalue weighted by Crippen LogP contribution is 2.20. The van der Waals surface area contributed by atoms with Gasteiger partial charge >= 0.3 is 0 Å². The maximum atomic E-state index is 12.4. The molecule has 0 atom stereocenters. The molecule has 1 saturated heterocycles. The van der Waals surface area contributed by atoms with Gasteiger partial charge in [0.05, 0.1) is 7.11 Å². The lowest BCUT2D eigenvalue weighted by molar-refractivity contribution is 0.102. The van der Waals surface area contributed by atoms with Crippen molar-refractivity contribution in [3.8, 4) is 5.75 Å². The van der Waals surface area contributed by atoms with Crippen molar-refractivity contribution in [3.05, 3.63) is 42.2 Å². The minimum absolute atomic E-state index is 0.253. The highest BCUT2D eigenvalue weighted by atomic mass is 16.5. The Hall–Kier alpha value is -2.63. The second-order valence-electron chi connectivity index (χ2n) is 6.10. The first-order valence-corrected chi connectivity index (χ1v) is 8.19. The zero-order chi connectivity index (χ0) is 16.9. The molecular weight excluding hydrogens is 304 g/mol. The number of hydrogen-bond acceptors (Lipinski definition) is 5. The molecule has 1 fully saturated rings. The lowest BCUT2D eigenvalue weighted by atomic mass is 10.00. The Kier molecular flexibility index (Phi) is 4.93. The number of anilines is 2. The topological polar surface area (TPSA) is 67.3 Å². The summed E-state index contributed by atoms with van der Waals surface area (Å²) >= 11 is 0. The normalized spacial score (nSPS) is 15.2. The fourth-order valence-corrected chi connectivity index (χ4v) is 2.73. The number of aromatic nitrogens is 2. The van der Waals surface area contributed by atoms with Crippen LogP contribution in [0.3, 0.4) is 0 Å². The van der Waals surface area contributed by atoms with Crippen molar-refractivity contribution in [2.24, 2.45) is 5.92 Å². The molecule has 0 unspecified atom stereocenters.